The predicted molar refractivity (Wildman–Crippen MR) is 108 cm³/mol. The molecule has 2 nitrogen and oxygen atoms in total. The van der Waals surface area contributed by atoms with Gasteiger partial charge in [-0.2, -0.15) is 0 Å². The van der Waals surface area contributed by atoms with E-state index < -0.39 is 0 Å². The predicted octanol–water partition coefficient (Wildman–Crippen LogP) is 5.58. The Morgan fingerprint density at radius 2 is 1.82 bits per heavy atom. The van der Waals surface area contributed by atoms with Crippen LogP contribution < -0.4 is 5.32 Å². The zero-order valence-electron chi connectivity index (χ0n) is 13.0. The summed E-state index contributed by atoms with van der Waals surface area (Å²) in [5.41, 5.74) is 1.43. The maximum Gasteiger partial charge on any atom is 0.0360 e. The molecule has 0 unspecified atom stereocenters. The summed E-state index contributed by atoms with van der Waals surface area (Å²) in [4.78, 5) is 2.64. The Kier molecular flexibility index (Phi) is 12.5. The molecule has 1 aliphatic heterocycles. The Labute approximate surface area is 163 Å². The SMILES string of the molecule is CCCCC[C@@H](c1cc(Br)ccc1Br)N1CCNCC1.Cl.Cl. The summed E-state index contributed by atoms with van der Waals surface area (Å²) in [7, 11) is 0. The molecule has 0 saturated carbocycles. The van der Waals surface area contributed by atoms with Crippen LogP contribution in [0.1, 0.15) is 44.2 Å². The third-order valence-corrected chi connectivity index (χ3v) is 5.21. The Hall–Kier alpha value is 0.680. The van der Waals surface area contributed by atoms with Gasteiger partial charge in [-0.05, 0) is 30.2 Å². The molecule has 2 rings (SSSR count). The highest BCUT2D eigenvalue weighted by molar-refractivity contribution is 9.11. The molecule has 1 N–H and O–H groups in total. The van der Waals surface area contributed by atoms with Crippen molar-refractivity contribution >= 4 is 56.7 Å². The Morgan fingerprint density at radius 1 is 1.14 bits per heavy atom. The van der Waals surface area contributed by atoms with Crippen LogP contribution in [0.15, 0.2) is 27.1 Å². The molecule has 0 aliphatic carbocycles. The van der Waals surface area contributed by atoms with E-state index in [0.717, 1.165) is 26.2 Å². The number of nitrogens with zero attached hydrogens (tertiary/aromatic N) is 1. The summed E-state index contributed by atoms with van der Waals surface area (Å²) in [5, 5.41) is 3.45. The summed E-state index contributed by atoms with van der Waals surface area (Å²) in [6.07, 6.45) is 5.18. The molecule has 1 atom stereocenters. The van der Waals surface area contributed by atoms with E-state index in [1.807, 2.05) is 0 Å². The van der Waals surface area contributed by atoms with Gasteiger partial charge in [0, 0.05) is 41.2 Å². The van der Waals surface area contributed by atoms with Crippen molar-refractivity contribution in [1.82, 2.24) is 10.2 Å². The molecular weight excluding hydrogens is 451 g/mol. The van der Waals surface area contributed by atoms with E-state index in [9.17, 15) is 0 Å². The minimum absolute atomic E-state index is 0. The Bertz CT molecular complexity index is 427. The molecule has 0 amide bonds. The lowest BCUT2D eigenvalue weighted by atomic mass is 9.98. The van der Waals surface area contributed by atoms with Gasteiger partial charge in [0.2, 0.25) is 0 Å². The molecule has 1 heterocycles. The third-order valence-electron chi connectivity index (χ3n) is 3.99. The zero-order chi connectivity index (χ0) is 14.4. The van der Waals surface area contributed by atoms with Gasteiger partial charge in [0.05, 0.1) is 0 Å². The lowest BCUT2D eigenvalue weighted by Crippen LogP contribution is -2.45. The molecule has 0 aromatic heterocycles. The second-order valence-electron chi connectivity index (χ2n) is 5.46. The first-order valence-electron chi connectivity index (χ1n) is 7.62. The van der Waals surface area contributed by atoms with Gasteiger partial charge in [-0.1, -0.05) is 58.0 Å². The zero-order valence-corrected chi connectivity index (χ0v) is 17.8. The number of unbranched alkanes of at least 4 members (excludes halogenated alkanes) is 2. The maximum absolute atomic E-state index is 3.74. The molecule has 0 spiro atoms. The van der Waals surface area contributed by atoms with E-state index in [2.05, 4.69) is 67.2 Å². The van der Waals surface area contributed by atoms with Crippen LogP contribution >= 0.6 is 56.7 Å². The fraction of sp³-hybridized carbons (Fsp3) is 0.625. The molecule has 22 heavy (non-hydrogen) atoms. The number of piperazine rings is 1. The van der Waals surface area contributed by atoms with Crippen molar-refractivity contribution < 1.29 is 0 Å². The molecule has 0 bridgehead atoms. The van der Waals surface area contributed by atoms with Gasteiger partial charge in [-0.15, -0.1) is 24.8 Å². The van der Waals surface area contributed by atoms with E-state index in [0.29, 0.717) is 6.04 Å². The van der Waals surface area contributed by atoms with Crippen molar-refractivity contribution in [3.8, 4) is 0 Å². The van der Waals surface area contributed by atoms with Gasteiger partial charge in [0.15, 0.2) is 0 Å². The van der Waals surface area contributed by atoms with E-state index in [4.69, 9.17) is 0 Å². The number of benzene rings is 1. The van der Waals surface area contributed by atoms with Crippen molar-refractivity contribution in [2.24, 2.45) is 0 Å². The van der Waals surface area contributed by atoms with Crippen molar-refractivity contribution in [3.05, 3.63) is 32.7 Å². The van der Waals surface area contributed by atoms with Crippen LogP contribution in [-0.4, -0.2) is 31.1 Å². The van der Waals surface area contributed by atoms with Crippen LogP contribution in [0.2, 0.25) is 0 Å². The number of hydrogen-bond donors (Lipinski definition) is 1. The van der Waals surface area contributed by atoms with Gasteiger partial charge in [-0.3, -0.25) is 4.90 Å². The number of hydrogen-bond acceptors (Lipinski definition) is 2. The summed E-state index contributed by atoms with van der Waals surface area (Å²) < 4.78 is 2.41. The number of rotatable bonds is 6. The Balaban J connectivity index is 0.00000220. The Morgan fingerprint density at radius 3 is 2.45 bits per heavy atom. The van der Waals surface area contributed by atoms with Crippen LogP contribution in [0.5, 0.6) is 0 Å². The lowest BCUT2D eigenvalue weighted by Gasteiger charge is -2.36. The van der Waals surface area contributed by atoms with Crippen molar-refractivity contribution in [3.63, 3.8) is 0 Å². The van der Waals surface area contributed by atoms with Crippen LogP contribution in [0.25, 0.3) is 0 Å². The van der Waals surface area contributed by atoms with Crippen molar-refractivity contribution in [2.75, 3.05) is 26.2 Å². The highest BCUT2D eigenvalue weighted by atomic mass is 79.9. The standard InChI is InChI=1S/C16H24Br2N2.2ClH/c1-2-3-4-5-16(20-10-8-19-9-11-20)14-12-13(17)6-7-15(14)18;;/h6-7,12,16,19H,2-5,8-11H2,1H3;2*1H/t16-;;/m0../s1. The quantitative estimate of drug-likeness (QED) is 0.539. The van der Waals surface area contributed by atoms with Crippen molar-refractivity contribution in [2.45, 2.75) is 38.6 Å². The average molecular weight is 477 g/mol. The molecule has 6 heteroatoms. The van der Waals surface area contributed by atoms with Crippen LogP contribution in [-0.2, 0) is 0 Å². The lowest BCUT2D eigenvalue weighted by molar-refractivity contribution is 0.162. The monoisotopic (exact) mass is 474 g/mol. The molecule has 1 aromatic carbocycles. The van der Waals surface area contributed by atoms with E-state index >= 15 is 0 Å². The van der Waals surface area contributed by atoms with E-state index in [-0.39, 0.29) is 24.8 Å². The second kappa shape index (κ2) is 12.1. The van der Waals surface area contributed by atoms with Crippen LogP contribution in [0.3, 0.4) is 0 Å². The minimum atomic E-state index is 0. The summed E-state index contributed by atoms with van der Waals surface area (Å²) in [6.45, 7) is 6.78. The van der Waals surface area contributed by atoms with Gasteiger partial charge in [0.25, 0.3) is 0 Å². The van der Waals surface area contributed by atoms with Crippen LogP contribution in [0, 0.1) is 0 Å². The normalized spacial score (nSPS) is 16.5. The third kappa shape index (κ3) is 6.66. The second-order valence-corrected chi connectivity index (χ2v) is 7.23. The highest BCUT2D eigenvalue weighted by Crippen LogP contribution is 2.34. The first kappa shape index (κ1) is 22.7. The first-order valence-corrected chi connectivity index (χ1v) is 9.20. The number of halogens is 4. The van der Waals surface area contributed by atoms with Crippen LogP contribution in [0.4, 0.5) is 0 Å². The van der Waals surface area contributed by atoms with Gasteiger partial charge >= 0.3 is 0 Å². The van der Waals surface area contributed by atoms with Gasteiger partial charge in [-0.25, -0.2) is 0 Å². The summed E-state index contributed by atoms with van der Waals surface area (Å²) in [6, 6.07) is 7.08. The molecular formula is C16H26Br2Cl2N2. The minimum Gasteiger partial charge on any atom is -0.314 e. The summed E-state index contributed by atoms with van der Waals surface area (Å²) >= 11 is 7.36. The molecule has 1 fully saturated rings. The van der Waals surface area contributed by atoms with Gasteiger partial charge < -0.3 is 5.32 Å². The largest absolute Gasteiger partial charge is 0.314 e. The molecule has 0 radical (unpaired) electrons. The van der Waals surface area contributed by atoms with E-state index in [1.165, 1.54) is 40.2 Å². The molecule has 1 aliphatic rings. The smallest absolute Gasteiger partial charge is 0.0360 e. The van der Waals surface area contributed by atoms with E-state index in [1.54, 1.807) is 0 Å². The topological polar surface area (TPSA) is 15.3 Å². The van der Waals surface area contributed by atoms with Crippen molar-refractivity contribution in [1.29, 1.82) is 0 Å². The average Bonchev–Trinajstić information content (AvgIpc) is 2.48. The fourth-order valence-electron chi connectivity index (χ4n) is 2.89. The first-order chi connectivity index (χ1) is 9.72. The fourth-order valence-corrected chi connectivity index (χ4v) is 3.78. The molecule has 1 saturated heterocycles. The molecule has 128 valence electrons. The molecule has 1 aromatic rings. The summed E-state index contributed by atoms with van der Waals surface area (Å²) in [5.74, 6) is 0. The maximum atomic E-state index is 3.74. The highest BCUT2D eigenvalue weighted by Gasteiger charge is 2.23. The van der Waals surface area contributed by atoms with Gasteiger partial charge in [0.1, 0.15) is 0 Å². The number of nitrogens with one attached hydrogen (secondary N) is 1.